The predicted octanol–water partition coefficient (Wildman–Crippen LogP) is 2.79. The molecule has 8 heteroatoms. The van der Waals surface area contributed by atoms with Crippen molar-refractivity contribution in [1.29, 1.82) is 0 Å². The van der Waals surface area contributed by atoms with E-state index in [1.165, 1.54) is 41.9 Å². The van der Waals surface area contributed by atoms with Crippen LogP contribution in [0.1, 0.15) is 38.7 Å². The maximum atomic E-state index is 14.0. The monoisotopic (exact) mass is 376 g/mol. The molecule has 1 aliphatic rings. The van der Waals surface area contributed by atoms with Gasteiger partial charge in [0.2, 0.25) is 0 Å². The Balaban J connectivity index is 1.63. The molecule has 1 atom stereocenters. The van der Waals surface area contributed by atoms with Gasteiger partial charge >= 0.3 is 5.97 Å². The Morgan fingerprint density at radius 3 is 2.81 bits per heavy atom. The van der Waals surface area contributed by atoms with Gasteiger partial charge in [0.25, 0.3) is 5.91 Å². The second kappa shape index (κ2) is 7.74. The number of H-pyrrole nitrogens is 1. The van der Waals surface area contributed by atoms with Crippen LogP contribution in [-0.4, -0.2) is 46.4 Å². The van der Waals surface area contributed by atoms with E-state index in [1.807, 2.05) is 0 Å². The zero-order valence-corrected chi connectivity index (χ0v) is 14.8. The number of hydrogen-bond acceptors (Lipinski definition) is 5. The van der Waals surface area contributed by atoms with Crippen molar-refractivity contribution in [3.05, 3.63) is 59.2 Å². The summed E-state index contributed by atoms with van der Waals surface area (Å²) >= 11 is 1.46. The lowest BCUT2D eigenvalue weighted by molar-refractivity contribution is -0.134. The molecular weight excluding hydrogens is 359 g/mol. The normalized spacial score (nSPS) is 16.5. The lowest BCUT2D eigenvalue weighted by atomic mass is 10.2. The maximum absolute atomic E-state index is 14.0. The maximum Gasteiger partial charge on any atom is 0.355 e. The van der Waals surface area contributed by atoms with Gasteiger partial charge in [-0.05, 0) is 19.1 Å². The summed E-state index contributed by atoms with van der Waals surface area (Å²) in [6.07, 6.45) is 1.41. The standard InChI is InChI=1S/C18H17FN2O4S/c1-11(22)12-8-15(20-9-12)18(24)25-10-16(23)21-6-7-26-17(21)13-4-2-3-5-14(13)19/h2-5,8-9,17,20H,6-7,10H2,1H3/t17-/m1/s1. The third-order valence-corrected chi connectivity index (χ3v) is 5.26. The van der Waals surface area contributed by atoms with Crippen molar-refractivity contribution >= 4 is 29.4 Å². The number of carbonyl (C=O) groups is 3. The van der Waals surface area contributed by atoms with Crippen LogP contribution in [0.3, 0.4) is 0 Å². The molecular formula is C18H17FN2O4S. The van der Waals surface area contributed by atoms with Gasteiger partial charge in [0.05, 0.1) is 0 Å². The molecule has 1 aliphatic heterocycles. The number of aromatic amines is 1. The van der Waals surface area contributed by atoms with E-state index >= 15 is 0 Å². The van der Waals surface area contributed by atoms with Crippen LogP contribution in [0.5, 0.6) is 0 Å². The summed E-state index contributed by atoms with van der Waals surface area (Å²) < 4.78 is 19.0. The van der Waals surface area contributed by atoms with Gasteiger partial charge in [-0.2, -0.15) is 0 Å². The number of nitrogens with one attached hydrogen (secondary N) is 1. The molecule has 0 aliphatic carbocycles. The van der Waals surface area contributed by atoms with Crippen molar-refractivity contribution in [3.8, 4) is 0 Å². The molecule has 1 aromatic heterocycles. The van der Waals surface area contributed by atoms with Gasteiger partial charge in [-0.3, -0.25) is 9.59 Å². The second-order valence-electron chi connectivity index (χ2n) is 5.77. The molecule has 3 rings (SSSR count). The highest BCUT2D eigenvalue weighted by Gasteiger charge is 2.32. The van der Waals surface area contributed by atoms with Crippen LogP contribution < -0.4 is 0 Å². The summed E-state index contributed by atoms with van der Waals surface area (Å²) in [5.74, 6) is -0.991. The van der Waals surface area contributed by atoms with Crippen molar-refractivity contribution in [2.45, 2.75) is 12.3 Å². The van der Waals surface area contributed by atoms with E-state index in [9.17, 15) is 18.8 Å². The van der Waals surface area contributed by atoms with E-state index < -0.39 is 23.9 Å². The number of halogens is 1. The van der Waals surface area contributed by atoms with Gasteiger partial charge in [0, 0.05) is 29.6 Å². The first-order valence-corrected chi connectivity index (χ1v) is 9.04. The minimum atomic E-state index is -0.722. The molecule has 136 valence electrons. The average Bonchev–Trinajstić information content (AvgIpc) is 3.29. The number of Topliss-reactive ketones (excluding diaryl/α,β-unsaturated/α-hetero) is 1. The van der Waals surface area contributed by atoms with Crippen LogP contribution >= 0.6 is 11.8 Å². The number of esters is 1. The topological polar surface area (TPSA) is 79.5 Å². The molecule has 0 bridgehead atoms. The molecule has 2 heterocycles. The molecule has 0 radical (unpaired) electrons. The average molecular weight is 376 g/mol. The van der Waals surface area contributed by atoms with Crippen molar-refractivity contribution in [3.63, 3.8) is 0 Å². The number of rotatable bonds is 5. The molecule has 1 amide bonds. The minimum absolute atomic E-state index is 0.101. The SMILES string of the molecule is CC(=O)c1c[nH]c(C(=O)OCC(=O)N2CCS[C@@H]2c2ccccc2F)c1. The lowest BCUT2D eigenvalue weighted by Crippen LogP contribution is -2.34. The lowest BCUT2D eigenvalue weighted by Gasteiger charge is -2.24. The summed E-state index contributed by atoms with van der Waals surface area (Å²) in [5.41, 5.74) is 0.897. The number of ether oxygens (including phenoxy) is 1. The first kappa shape index (κ1) is 18.2. The quantitative estimate of drug-likeness (QED) is 0.641. The highest BCUT2D eigenvalue weighted by atomic mass is 32.2. The fourth-order valence-corrected chi connectivity index (χ4v) is 3.96. The van der Waals surface area contributed by atoms with Gasteiger partial charge in [-0.1, -0.05) is 18.2 Å². The number of hydrogen-bond donors (Lipinski definition) is 1. The van der Waals surface area contributed by atoms with Crippen molar-refractivity contribution in [1.82, 2.24) is 9.88 Å². The molecule has 26 heavy (non-hydrogen) atoms. The summed E-state index contributed by atoms with van der Waals surface area (Å²) in [6.45, 7) is 1.39. The van der Waals surface area contributed by atoms with E-state index in [4.69, 9.17) is 4.74 Å². The Kier molecular flexibility index (Phi) is 5.41. The van der Waals surface area contributed by atoms with Crippen LogP contribution in [-0.2, 0) is 9.53 Å². The Hall–Kier alpha value is -2.61. The molecule has 1 N–H and O–H groups in total. The summed E-state index contributed by atoms with van der Waals surface area (Å²) in [5, 5.41) is -0.433. The van der Waals surface area contributed by atoms with E-state index in [1.54, 1.807) is 18.2 Å². The molecule has 1 fully saturated rings. The highest BCUT2D eigenvalue weighted by molar-refractivity contribution is 7.99. The molecule has 6 nitrogen and oxygen atoms in total. The second-order valence-corrected chi connectivity index (χ2v) is 6.95. The van der Waals surface area contributed by atoms with E-state index in [2.05, 4.69) is 4.98 Å². The Labute approximate surface area is 153 Å². The fraction of sp³-hybridized carbons (Fsp3) is 0.278. The van der Waals surface area contributed by atoms with Gasteiger partial charge in [-0.15, -0.1) is 11.8 Å². The van der Waals surface area contributed by atoms with E-state index in [0.717, 1.165) is 0 Å². The minimum Gasteiger partial charge on any atom is -0.451 e. The third kappa shape index (κ3) is 3.80. The Morgan fingerprint density at radius 2 is 2.12 bits per heavy atom. The van der Waals surface area contributed by atoms with Crippen LogP contribution in [0.25, 0.3) is 0 Å². The molecule has 1 saturated heterocycles. The number of ketones is 1. The smallest absolute Gasteiger partial charge is 0.355 e. The summed E-state index contributed by atoms with van der Waals surface area (Å²) in [7, 11) is 0. The number of amides is 1. The number of benzene rings is 1. The zero-order valence-electron chi connectivity index (χ0n) is 14.0. The fourth-order valence-electron chi connectivity index (χ4n) is 2.66. The Bertz CT molecular complexity index is 851. The van der Waals surface area contributed by atoms with E-state index in [0.29, 0.717) is 23.4 Å². The van der Waals surface area contributed by atoms with Gasteiger partial charge in [-0.25, -0.2) is 9.18 Å². The number of thioether (sulfide) groups is 1. The Morgan fingerprint density at radius 1 is 1.35 bits per heavy atom. The largest absolute Gasteiger partial charge is 0.451 e. The van der Waals surface area contributed by atoms with Crippen molar-refractivity contribution in [2.24, 2.45) is 0 Å². The first-order chi connectivity index (χ1) is 12.5. The van der Waals surface area contributed by atoms with Crippen LogP contribution in [0, 0.1) is 5.82 Å². The predicted molar refractivity (Wildman–Crippen MR) is 94.4 cm³/mol. The third-order valence-electron chi connectivity index (χ3n) is 4.02. The van der Waals surface area contributed by atoms with Gasteiger partial charge in [0.1, 0.15) is 16.9 Å². The van der Waals surface area contributed by atoms with Crippen LogP contribution in [0.2, 0.25) is 0 Å². The number of nitrogens with zero attached hydrogens (tertiary/aromatic N) is 1. The molecule has 0 unspecified atom stereocenters. The van der Waals surface area contributed by atoms with Gasteiger partial charge < -0.3 is 14.6 Å². The summed E-state index contributed by atoms with van der Waals surface area (Å²) in [4.78, 5) is 39.9. The molecule has 0 spiro atoms. The molecule has 0 saturated carbocycles. The van der Waals surface area contributed by atoms with Crippen molar-refractivity contribution in [2.75, 3.05) is 18.9 Å². The number of aromatic nitrogens is 1. The summed E-state index contributed by atoms with van der Waals surface area (Å²) in [6, 6.07) is 7.69. The van der Waals surface area contributed by atoms with E-state index in [-0.39, 0.29) is 17.3 Å². The molecule has 1 aromatic carbocycles. The van der Waals surface area contributed by atoms with Crippen LogP contribution in [0.15, 0.2) is 36.5 Å². The zero-order chi connectivity index (χ0) is 18.7. The van der Waals surface area contributed by atoms with Gasteiger partial charge in [0.15, 0.2) is 12.4 Å². The molecule has 2 aromatic rings. The highest BCUT2D eigenvalue weighted by Crippen LogP contribution is 2.38. The van der Waals surface area contributed by atoms with Crippen LogP contribution in [0.4, 0.5) is 4.39 Å². The number of carbonyl (C=O) groups excluding carboxylic acids is 3. The first-order valence-electron chi connectivity index (χ1n) is 7.99. The van der Waals surface area contributed by atoms with Crippen molar-refractivity contribution < 1.29 is 23.5 Å².